The first-order valence-corrected chi connectivity index (χ1v) is 7.95. The van der Waals surface area contributed by atoms with Crippen LogP contribution in [0.25, 0.3) is 0 Å². The number of fused-ring (bicyclic) bond motifs is 1. The van der Waals surface area contributed by atoms with Crippen molar-refractivity contribution in [2.75, 3.05) is 13.1 Å². The summed E-state index contributed by atoms with van der Waals surface area (Å²) in [7, 11) is 0. The minimum Gasteiger partial charge on any atom is -0.365 e. The van der Waals surface area contributed by atoms with Gasteiger partial charge in [-0.1, -0.05) is 6.08 Å². The molecule has 4 aliphatic rings. The monoisotopic (exact) mass is 315 g/mol. The Morgan fingerprint density at radius 2 is 2.04 bits per heavy atom. The van der Waals surface area contributed by atoms with Crippen LogP contribution in [0.4, 0.5) is 0 Å². The molecule has 0 spiro atoms. The summed E-state index contributed by atoms with van der Waals surface area (Å²) in [6.07, 6.45) is 14.0. The van der Waals surface area contributed by atoms with Gasteiger partial charge >= 0.3 is 0 Å². The van der Waals surface area contributed by atoms with Crippen LogP contribution in [0.3, 0.4) is 0 Å². The summed E-state index contributed by atoms with van der Waals surface area (Å²) in [6, 6.07) is 0. The summed E-state index contributed by atoms with van der Waals surface area (Å²) < 4.78 is 0. The quantitative estimate of drug-likeness (QED) is 0.433. The van der Waals surface area contributed by atoms with Gasteiger partial charge in [-0.05, 0) is 31.1 Å². The van der Waals surface area contributed by atoms with Crippen LogP contribution in [0, 0.1) is 0 Å². The van der Waals surface area contributed by atoms with E-state index in [4.69, 9.17) is 0 Å². The van der Waals surface area contributed by atoms with Gasteiger partial charge in [0.15, 0.2) is 0 Å². The van der Waals surface area contributed by atoms with Crippen molar-refractivity contribution in [3.05, 3.63) is 48.2 Å². The first-order valence-electron chi connectivity index (χ1n) is 7.95. The summed E-state index contributed by atoms with van der Waals surface area (Å²) >= 11 is 0. The van der Waals surface area contributed by atoms with Gasteiger partial charge in [0.05, 0.1) is 6.17 Å². The number of carbonyl (C=O) groups excluding carboxylic acids is 1. The van der Waals surface area contributed by atoms with E-state index in [2.05, 4.69) is 44.0 Å². The fourth-order valence-electron chi connectivity index (χ4n) is 3.16. The van der Waals surface area contributed by atoms with Crippen LogP contribution < -0.4 is 26.9 Å². The molecule has 1 saturated heterocycles. The zero-order valence-electron chi connectivity index (χ0n) is 12.7. The summed E-state index contributed by atoms with van der Waals surface area (Å²) in [6.45, 7) is 2.18. The molecule has 0 saturated carbocycles. The molecule has 122 valence electrons. The van der Waals surface area contributed by atoms with Gasteiger partial charge in [-0.2, -0.15) is 0 Å². The molecule has 2 unspecified atom stereocenters. The summed E-state index contributed by atoms with van der Waals surface area (Å²) in [4.78, 5) is 14.9. The molecule has 0 aliphatic carbocycles. The molecule has 2 atom stereocenters. The summed E-state index contributed by atoms with van der Waals surface area (Å²) in [5, 5.41) is 7.95. The van der Waals surface area contributed by atoms with E-state index in [9.17, 15) is 4.79 Å². The van der Waals surface area contributed by atoms with Crippen LogP contribution in [0.5, 0.6) is 0 Å². The predicted molar refractivity (Wildman–Crippen MR) is 85.4 cm³/mol. The van der Waals surface area contributed by atoms with Crippen LogP contribution in [0.1, 0.15) is 12.8 Å². The molecule has 23 heavy (non-hydrogen) atoms. The van der Waals surface area contributed by atoms with E-state index >= 15 is 0 Å². The molecule has 0 aromatic heterocycles. The predicted octanol–water partition coefficient (Wildman–Crippen LogP) is -0.865. The Hall–Kier alpha value is -2.45. The molecule has 0 bridgehead atoms. The molecule has 4 heterocycles. The average Bonchev–Trinajstić information content (AvgIpc) is 3.25. The van der Waals surface area contributed by atoms with Gasteiger partial charge in [0.1, 0.15) is 17.7 Å². The number of carbonyl (C=O) groups is 1. The van der Waals surface area contributed by atoms with Crippen molar-refractivity contribution in [3.8, 4) is 0 Å². The fraction of sp³-hybridized carbons (Fsp3) is 0.400. The van der Waals surface area contributed by atoms with E-state index < -0.39 is 0 Å². The molecule has 4 aliphatic heterocycles. The third kappa shape index (κ3) is 2.78. The van der Waals surface area contributed by atoms with Crippen molar-refractivity contribution in [1.29, 1.82) is 0 Å². The van der Waals surface area contributed by atoms with Gasteiger partial charge in [-0.15, -0.1) is 0 Å². The lowest BCUT2D eigenvalue weighted by molar-refractivity contribution is -0.119. The normalized spacial score (nSPS) is 29.1. The largest absolute Gasteiger partial charge is 0.365 e. The van der Waals surface area contributed by atoms with Crippen LogP contribution in [0.2, 0.25) is 0 Å². The first kappa shape index (κ1) is 14.2. The van der Waals surface area contributed by atoms with Gasteiger partial charge in [0, 0.05) is 25.5 Å². The highest BCUT2D eigenvalue weighted by molar-refractivity contribution is 5.94. The maximum atomic E-state index is 12.5. The lowest BCUT2D eigenvalue weighted by Gasteiger charge is -2.38. The second-order valence-electron chi connectivity index (χ2n) is 5.88. The molecule has 1 amide bonds. The molecule has 8 nitrogen and oxygen atoms in total. The Morgan fingerprint density at radius 1 is 1.22 bits per heavy atom. The second-order valence-corrected chi connectivity index (χ2v) is 5.88. The SMILES string of the molecule is O=C(NC1=CC=CNN1)C1=CNC2C=CC(N3CCCC3)NN12. The van der Waals surface area contributed by atoms with E-state index in [1.165, 1.54) is 12.8 Å². The number of hydrazine groups is 2. The number of nitrogens with one attached hydrogen (secondary N) is 5. The maximum absolute atomic E-state index is 12.5. The molecule has 0 radical (unpaired) electrons. The summed E-state index contributed by atoms with van der Waals surface area (Å²) in [5.74, 6) is 0.448. The Kier molecular flexibility index (Phi) is 3.68. The number of hydrogen-bond donors (Lipinski definition) is 5. The van der Waals surface area contributed by atoms with E-state index in [0.29, 0.717) is 11.5 Å². The molecule has 5 N–H and O–H groups in total. The summed E-state index contributed by atoms with van der Waals surface area (Å²) in [5.41, 5.74) is 9.73. The van der Waals surface area contributed by atoms with Gasteiger partial charge in [0.2, 0.25) is 0 Å². The van der Waals surface area contributed by atoms with Gasteiger partial charge < -0.3 is 16.1 Å². The zero-order chi connectivity index (χ0) is 15.6. The van der Waals surface area contributed by atoms with Crippen molar-refractivity contribution in [3.63, 3.8) is 0 Å². The molecule has 0 aromatic rings. The number of likely N-dealkylation sites (tertiary alicyclic amines) is 1. The molecular weight excluding hydrogens is 294 g/mol. The Labute approximate surface area is 134 Å². The Morgan fingerprint density at radius 3 is 2.83 bits per heavy atom. The standard InChI is InChI=1S/C15H21N7O/c23-15(18-12-4-3-7-17-19-12)11-10-16-13-5-6-14(20-22(11)13)21-8-1-2-9-21/h3-7,10,13-14,16-17,19-20H,1-2,8-9H2,(H,18,23). The van der Waals surface area contributed by atoms with E-state index in [1.54, 1.807) is 18.5 Å². The van der Waals surface area contributed by atoms with Crippen LogP contribution in [-0.4, -0.2) is 41.2 Å². The van der Waals surface area contributed by atoms with Crippen molar-refractivity contribution in [1.82, 2.24) is 36.8 Å². The van der Waals surface area contributed by atoms with E-state index in [0.717, 1.165) is 13.1 Å². The smallest absolute Gasteiger partial charge is 0.276 e. The van der Waals surface area contributed by atoms with Crippen LogP contribution in [-0.2, 0) is 4.79 Å². The highest BCUT2D eigenvalue weighted by atomic mass is 16.2. The minimum atomic E-state index is -0.168. The molecule has 4 rings (SSSR count). The van der Waals surface area contributed by atoms with Crippen LogP contribution in [0.15, 0.2) is 48.2 Å². The maximum Gasteiger partial charge on any atom is 0.276 e. The topological polar surface area (TPSA) is 83.7 Å². The van der Waals surface area contributed by atoms with Gasteiger partial charge in [-0.3, -0.25) is 20.1 Å². The van der Waals surface area contributed by atoms with Crippen molar-refractivity contribution in [2.45, 2.75) is 25.2 Å². The second kappa shape index (κ2) is 5.98. The third-order valence-electron chi connectivity index (χ3n) is 4.34. The molecule has 1 fully saturated rings. The average molecular weight is 315 g/mol. The highest BCUT2D eigenvalue weighted by Crippen LogP contribution is 2.21. The zero-order valence-corrected chi connectivity index (χ0v) is 12.7. The minimum absolute atomic E-state index is 0.0269. The lowest BCUT2D eigenvalue weighted by atomic mass is 10.3. The van der Waals surface area contributed by atoms with Crippen molar-refractivity contribution < 1.29 is 4.79 Å². The Bertz CT molecular complexity index is 603. The fourth-order valence-corrected chi connectivity index (χ4v) is 3.16. The van der Waals surface area contributed by atoms with Gasteiger partial charge in [-0.25, -0.2) is 5.43 Å². The van der Waals surface area contributed by atoms with Crippen molar-refractivity contribution in [2.24, 2.45) is 0 Å². The number of rotatable bonds is 3. The highest BCUT2D eigenvalue weighted by Gasteiger charge is 2.35. The van der Waals surface area contributed by atoms with Gasteiger partial charge in [0.25, 0.3) is 5.91 Å². The number of nitrogens with zero attached hydrogens (tertiary/aromatic N) is 2. The van der Waals surface area contributed by atoms with Crippen molar-refractivity contribution >= 4 is 5.91 Å². The third-order valence-corrected chi connectivity index (χ3v) is 4.34. The van der Waals surface area contributed by atoms with Crippen LogP contribution >= 0.6 is 0 Å². The molecule has 8 heteroatoms. The lowest BCUT2D eigenvalue weighted by Crippen LogP contribution is -2.58. The number of allylic oxidation sites excluding steroid dienone is 2. The van der Waals surface area contributed by atoms with E-state index in [-0.39, 0.29) is 18.2 Å². The Balaban J connectivity index is 1.43. The molecule has 0 aromatic carbocycles. The first-order chi connectivity index (χ1) is 11.3. The number of hydrogen-bond acceptors (Lipinski definition) is 7. The molecular formula is C15H21N7O. The van der Waals surface area contributed by atoms with E-state index in [1.807, 2.05) is 11.1 Å². The number of amides is 1.